The van der Waals surface area contributed by atoms with Crippen LogP contribution in [0.2, 0.25) is 0 Å². The molecule has 1 N–H and O–H groups in total. The molecule has 0 bridgehead atoms. The van der Waals surface area contributed by atoms with Gasteiger partial charge in [0.2, 0.25) is 0 Å². The van der Waals surface area contributed by atoms with E-state index < -0.39 is 0 Å². The molecule has 0 rings (SSSR count). The van der Waals surface area contributed by atoms with E-state index in [-0.39, 0.29) is 5.54 Å². The standard InChI is InChI=1S/C8H18N/c1-5-7-8(3,4)9-6-2/h9H,2,5-7H2,1,3-4H3. The predicted molar refractivity (Wildman–Crippen MR) is 42.3 cm³/mol. The monoisotopic (exact) mass is 128 g/mol. The van der Waals surface area contributed by atoms with Crippen LogP contribution < -0.4 is 5.32 Å². The Bertz CT molecular complexity index is 59.0. The molecule has 0 spiro atoms. The van der Waals surface area contributed by atoms with Crippen molar-refractivity contribution in [1.82, 2.24) is 5.32 Å². The van der Waals surface area contributed by atoms with Gasteiger partial charge in [-0.25, -0.2) is 0 Å². The zero-order valence-corrected chi connectivity index (χ0v) is 6.83. The topological polar surface area (TPSA) is 12.0 Å². The van der Waals surface area contributed by atoms with Crippen LogP contribution in [0.4, 0.5) is 0 Å². The van der Waals surface area contributed by atoms with Gasteiger partial charge in [0.1, 0.15) is 0 Å². The number of hydrogen-bond acceptors (Lipinski definition) is 1. The van der Waals surface area contributed by atoms with Gasteiger partial charge in [0.25, 0.3) is 0 Å². The Labute approximate surface area is 58.8 Å². The molecule has 0 atom stereocenters. The highest BCUT2D eigenvalue weighted by Gasteiger charge is 2.12. The summed E-state index contributed by atoms with van der Waals surface area (Å²) in [6.45, 7) is 11.2. The summed E-state index contributed by atoms with van der Waals surface area (Å²) >= 11 is 0. The smallest absolute Gasteiger partial charge is 0.0125 e. The SMILES string of the molecule is [CH2]CNC(C)(C)CCC. The van der Waals surface area contributed by atoms with E-state index in [1.165, 1.54) is 12.8 Å². The van der Waals surface area contributed by atoms with Gasteiger partial charge in [-0.3, -0.25) is 0 Å². The van der Waals surface area contributed by atoms with Crippen molar-refractivity contribution >= 4 is 0 Å². The third kappa shape index (κ3) is 4.46. The van der Waals surface area contributed by atoms with Crippen LogP contribution in [0.15, 0.2) is 0 Å². The minimum absolute atomic E-state index is 0.288. The van der Waals surface area contributed by atoms with E-state index in [1.54, 1.807) is 0 Å². The van der Waals surface area contributed by atoms with E-state index in [2.05, 4.69) is 33.0 Å². The van der Waals surface area contributed by atoms with Gasteiger partial charge in [0.15, 0.2) is 0 Å². The Hall–Kier alpha value is -0.0400. The molecule has 55 valence electrons. The first-order valence-electron chi connectivity index (χ1n) is 3.66. The summed E-state index contributed by atoms with van der Waals surface area (Å²) in [5.74, 6) is 0. The first-order chi connectivity index (χ1) is 4.12. The summed E-state index contributed by atoms with van der Waals surface area (Å²) < 4.78 is 0. The summed E-state index contributed by atoms with van der Waals surface area (Å²) in [6.07, 6.45) is 2.46. The third-order valence-electron chi connectivity index (χ3n) is 1.48. The minimum atomic E-state index is 0.288. The molecule has 0 aliphatic carbocycles. The lowest BCUT2D eigenvalue weighted by Gasteiger charge is -2.24. The molecule has 0 heterocycles. The summed E-state index contributed by atoms with van der Waals surface area (Å²) in [5, 5.41) is 3.31. The minimum Gasteiger partial charge on any atom is -0.312 e. The molecule has 0 aromatic rings. The van der Waals surface area contributed by atoms with Crippen molar-refractivity contribution in [3.8, 4) is 0 Å². The van der Waals surface area contributed by atoms with E-state index in [9.17, 15) is 0 Å². The van der Waals surface area contributed by atoms with Crippen molar-refractivity contribution < 1.29 is 0 Å². The Morgan fingerprint density at radius 2 is 2.00 bits per heavy atom. The van der Waals surface area contributed by atoms with E-state index in [0.29, 0.717) is 0 Å². The van der Waals surface area contributed by atoms with E-state index in [1.807, 2.05) is 0 Å². The number of nitrogens with one attached hydrogen (secondary N) is 1. The normalized spacial score (nSPS) is 12.0. The van der Waals surface area contributed by atoms with Crippen LogP contribution in [-0.4, -0.2) is 12.1 Å². The molecule has 0 fully saturated rings. The van der Waals surface area contributed by atoms with Crippen molar-refractivity contribution in [3.63, 3.8) is 0 Å². The van der Waals surface area contributed by atoms with Crippen LogP contribution in [0.1, 0.15) is 33.6 Å². The average Bonchev–Trinajstić information content (AvgIpc) is 1.64. The maximum absolute atomic E-state index is 3.74. The fourth-order valence-electron chi connectivity index (χ4n) is 1.05. The summed E-state index contributed by atoms with van der Waals surface area (Å²) in [4.78, 5) is 0. The summed E-state index contributed by atoms with van der Waals surface area (Å²) in [6, 6.07) is 0. The molecule has 9 heavy (non-hydrogen) atoms. The molecule has 1 nitrogen and oxygen atoms in total. The number of hydrogen-bond donors (Lipinski definition) is 1. The van der Waals surface area contributed by atoms with Gasteiger partial charge in [-0.15, -0.1) is 0 Å². The summed E-state index contributed by atoms with van der Waals surface area (Å²) in [5.41, 5.74) is 0.288. The van der Waals surface area contributed by atoms with Gasteiger partial charge in [0, 0.05) is 5.54 Å². The Balaban J connectivity index is 3.43. The van der Waals surface area contributed by atoms with Gasteiger partial charge in [-0.05, 0) is 33.7 Å². The van der Waals surface area contributed by atoms with Crippen LogP contribution in [0, 0.1) is 6.92 Å². The second kappa shape index (κ2) is 3.89. The van der Waals surface area contributed by atoms with Gasteiger partial charge in [-0.1, -0.05) is 13.3 Å². The van der Waals surface area contributed by atoms with Crippen LogP contribution in [0.3, 0.4) is 0 Å². The molecule has 0 aromatic carbocycles. The van der Waals surface area contributed by atoms with Crippen molar-refractivity contribution in [2.45, 2.75) is 39.2 Å². The zero-order chi connectivity index (χ0) is 7.33. The third-order valence-corrected chi connectivity index (χ3v) is 1.48. The molecule has 1 heteroatoms. The molecule has 0 aromatic heterocycles. The predicted octanol–water partition coefficient (Wildman–Crippen LogP) is 1.99. The molecule has 1 radical (unpaired) electrons. The maximum Gasteiger partial charge on any atom is 0.0125 e. The molecular weight excluding hydrogens is 110 g/mol. The quantitative estimate of drug-likeness (QED) is 0.610. The molecule has 0 saturated heterocycles. The first-order valence-corrected chi connectivity index (χ1v) is 3.66. The summed E-state index contributed by atoms with van der Waals surface area (Å²) in [7, 11) is 0. The molecule has 0 aliphatic rings. The Morgan fingerprint density at radius 1 is 1.44 bits per heavy atom. The van der Waals surface area contributed by atoms with Crippen molar-refractivity contribution in [1.29, 1.82) is 0 Å². The average molecular weight is 128 g/mol. The fourth-order valence-corrected chi connectivity index (χ4v) is 1.05. The van der Waals surface area contributed by atoms with Crippen molar-refractivity contribution in [2.75, 3.05) is 6.54 Å². The van der Waals surface area contributed by atoms with E-state index in [0.717, 1.165) is 6.54 Å². The van der Waals surface area contributed by atoms with Gasteiger partial charge < -0.3 is 5.32 Å². The van der Waals surface area contributed by atoms with E-state index >= 15 is 0 Å². The van der Waals surface area contributed by atoms with Crippen LogP contribution in [0.5, 0.6) is 0 Å². The zero-order valence-electron chi connectivity index (χ0n) is 6.83. The van der Waals surface area contributed by atoms with Crippen LogP contribution >= 0.6 is 0 Å². The molecule has 0 amide bonds. The van der Waals surface area contributed by atoms with Gasteiger partial charge in [-0.2, -0.15) is 0 Å². The molecule has 0 aliphatic heterocycles. The highest BCUT2D eigenvalue weighted by Crippen LogP contribution is 2.09. The van der Waals surface area contributed by atoms with Crippen LogP contribution in [-0.2, 0) is 0 Å². The molecule has 0 unspecified atom stereocenters. The highest BCUT2D eigenvalue weighted by atomic mass is 14.9. The molecule has 0 saturated carbocycles. The van der Waals surface area contributed by atoms with Gasteiger partial charge in [0.05, 0.1) is 0 Å². The maximum atomic E-state index is 3.74. The Morgan fingerprint density at radius 3 is 2.33 bits per heavy atom. The Kier molecular flexibility index (Phi) is 3.87. The van der Waals surface area contributed by atoms with Gasteiger partial charge >= 0.3 is 0 Å². The molecular formula is C8H18N. The fraction of sp³-hybridized carbons (Fsp3) is 0.875. The van der Waals surface area contributed by atoms with Crippen LogP contribution in [0.25, 0.3) is 0 Å². The van der Waals surface area contributed by atoms with E-state index in [4.69, 9.17) is 0 Å². The van der Waals surface area contributed by atoms with Crippen molar-refractivity contribution in [2.24, 2.45) is 0 Å². The lowest BCUT2D eigenvalue weighted by atomic mass is 9.99. The lowest BCUT2D eigenvalue weighted by Crippen LogP contribution is -2.38. The second-order valence-corrected chi connectivity index (χ2v) is 3.06. The lowest BCUT2D eigenvalue weighted by molar-refractivity contribution is 0.374. The van der Waals surface area contributed by atoms with Crippen molar-refractivity contribution in [3.05, 3.63) is 6.92 Å². The highest BCUT2D eigenvalue weighted by molar-refractivity contribution is 4.76. The second-order valence-electron chi connectivity index (χ2n) is 3.06. The largest absolute Gasteiger partial charge is 0.312 e. The first kappa shape index (κ1) is 8.96. The number of rotatable bonds is 4.